The van der Waals surface area contributed by atoms with Gasteiger partial charge in [0.05, 0.1) is 29.7 Å². The van der Waals surface area contributed by atoms with Crippen LogP contribution in [-0.4, -0.2) is 39.9 Å². The molecule has 0 atom stereocenters. The summed E-state index contributed by atoms with van der Waals surface area (Å²) < 4.78 is 16.9. The van der Waals surface area contributed by atoms with Crippen LogP contribution in [0.25, 0.3) is 10.8 Å². The van der Waals surface area contributed by atoms with Crippen molar-refractivity contribution >= 4 is 28.9 Å². The molecule has 0 amide bonds. The first kappa shape index (κ1) is 18.0. The number of carbonyl (C=O) groups excluding carboxylic acids is 1. The molecule has 0 saturated heterocycles. The SMILES string of the molecule is Cc1nc(C)c(-c2nnc(SCC(=O)c3ccc4c(c3)OCCCO4)o2)s1. The monoisotopic (exact) mass is 403 g/mol. The van der Waals surface area contributed by atoms with Gasteiger partial charge in [-0.15, -0.1) is 21.5 Å². The number of hydrogen-bond acceptors (Lipinski definition) is 9. The zero-order chi connectivity index (χ0) is 18.8. The lowest BCUT2D eigenvalue weighted by Crippen LogP contribution is -2.03. The Kier molecular flexibility index (Phi) is 5.13. The van der Waals surface area contributed by atoms with Crippen molar-refractivity contribution in [2.45, 2.75) is 25.5 Å². The quantitative estimate of drug-likeness (QED) is 0.467. The number of nitrogens with zero attached hydrogens (tertiary/aromatic N) is 3. The molecule has 140 valence electrons. The van der Waals surface area contributed by atoms with Crippen molar-refractivity contribution in [1.82, 2.24) is 15.2 Å². The van der Waals surface area contributed by atoms with E-state index < -0.39 is 0 Å². The van der Waals surface area contributed by atoms with Crippen LogP contribution in [-0.2, 0) is 0 Å². The number of thiazole rings is 1. The van der Waals surface area contributed by atoms with Crippen molar-refractivity contribution in [3.63, 3.8) is 0 Å². The first-order valence-electron chi connectivity index (χ1n) is 8.44. The number of ether oxygens (including phenoxy) is 2. The van der Waals surface area contributed by atoms with Gasteiger partial charge in [-0.1, -0.05) is 11.8 Å². The van der Waals surface area contributed by atoms with E-state index in [0.29, 0.717) is 41.4 Å². The number of rotatable bonds is 5. The number of hydrogen-bond donors (Lipinski definition) is 0. The number of ketones is 1. The highest BCUT2D eigenvalue weighted by atomic mass is 32.2. The molecule has 0 radical (unpaired) electrons. The van der Waals surface area contributed by atoms with Gasteiger partial charge in [0.2, 0.25) is 0 Å². The maximum atomic E-state index is 12.5. The maximum absolute atomic E-state index is 12.5. The van der Waals surface area contributed by atoms with Crippen LogP contribution >= 0.6 is 23.1 Å². The van der Waals surface area contributed by atoms with Gasteiger partial charge in [-0.25, -0.2) is 4.98 Å². The Morgan fingerprint density at radius 1 is 1.19 bits per heavy atom. The van der Waals surface area contributed by atoms with Gasteiger partial charge < -0.3 is 13.9 Å². The van der Waals surface area contributed by atoms with Gasteiger partial charge in [-0.05, 0) is 32.0 Å². The predicted octanol–water partition coefficient (Wildman–Crippen LogP) is 3.95. The molecule has 3 aromatic rings. The van der Waals surface area contributed by atoms with Crippen molar-refractivity contribution in [3.8, 4) is 22.3 Å². The summed E-state index contributed by atoms with van der Waals surface area (Å²) >= 11 is 2.72. The Bertz CT molecular complexity index is 983. The summed E-state index contributed by atoms with van der Waals surface area (Å²) in [4.78, 5) is 17.7. The molecule has 1 aliphatic rings. The molecule has 0 bridgehead atoms. The second-order valence-electron chi connectivity index (χ2n) is 5.94. The molecular weight excluding hydrogens is 386 g/mol. The molecule has 4 rings (SSSR count). The number of benzene rings is 1. The van der Waals surface area contributed by atoms with Crippen LogP contribution in [0.5, 0.6) is 11.5 Å². The van der Waals surface area contributed by atoms with E-state index in [1.165, 1.54) is 23.1 Å². The van der Waals surface area contributed by atoms with E-state index >= 15 is 0 Å². The third kappa shape index (κ3) is 3.98. The van der Waals surface area contributed by atoms with E-state index in [-0.39, 0.29) is 11.5 Å². The lowest BCUT2D eigenvalue weighted by Gasteiger charge is -2.08. The second kappa shape index (κ2) is 7.69. The number of fused-ring (bicyclic) bond motifs is 1. The summed E-state index contributed by atoms with van der Waals surface area (Å²) in [6, 6.07) is 5.25. The summed E-state index contributed by atoms with van der Waals surface area (Å²) in [5.41, 5.74) is 1.43. The first-order chi connectivity index (χ1) is 13.1. The Balaban J connectivity index is 1.42. The molecule has 0 unspecified atom stereocenters. The smallest absolute Gasteiger partial charge is 0.277 e. The van der Waals surface area contributed by atoms with Gasteiger partial charge in [-0.3, -0.25) is 4.79 Å². The van der Waals surface area contributed by atoms with E-state index in [0.717, 1.165) is 22.0 Å². The molecule has 0 saturated carbocycles. The van der Waals surface area contributed by atoms with Gasteiger partial charge in [-0.2, -0.15) is 0 Å². The number of carbonyl (C=O) groups is 1. The lowest BCUT2D eigenvalue weighted by atomic mass is 10.1. The number of Topliss-reactive ketones (excluding diaryl/α,β-unsaturated/α-hetero) is 1. The molecule has 27 heavy (non-hydrogen) atoms. The molecule has 2 aromatic heterocycles. The molecule has 0 aliphatic carbocycles. The van der Waals surface area contributed by atoms with Crippen molar-refractivity contribution in [3.05, 3.63) is 34.5 Å². The largest absolute Gasteiger partial charge is 0.490 e. The van der Waals surface area contributed by atoms with Crippen molar-refractivity contribution in [1.29, 1.82) is 0 Å². The van der Waals surface area contributed by atoms with E-state index in [4.69, 9.17) is 13.9 Å². The molecule has 0 spiro atoms. The van der Waals surface area contributed by atoms with Gasteiger partial charge in [0.15, 0.2) is 17.3 Å². The summed E-state index contributed by atoms with van der Waals surface area (Å²) in [5.74, 6) is 1.87. The summed E-state index contributed by atoms with van der Waals surface area (Å²) in [6.07, 6.45) is 0.825. The average Bonchev–Trinajstić information content (AvgIpc) is 3.17. The number of thioether (sulfide) groups is 1. The van der Waals surface area contributed by atoms with Crippen LogP contribution in [0, 0.1) is 13.8 Å². The number of aromatic nitrogens is 3. The minimum Gasteiger partial charge on any atom is -0.490 e. The predicted molar refractivity (Wildman–Crippen MR) is 102 cm³/mol. The fraction of sp³-hybridized carbons (Fsp3) is 0.333. The highest BCUT2D eigenvalue weighted by Crippen LogP contribution is 2.32. The van der Waals surface area contributed by atoms with Gasteiger partial charge >= 0.3 is 0 Å². The summed E-state index contributed by atoms with van der Waals surface area (Å²) in [6.45, 7) is 5.04. The van der Waals surface area contributed by atoms with Crippen LogP contribution < -0.4 is 9.47 Å². The fourth-order valence-electron chi connectivity index (χ4n) is 2.64. The van der Waals surface area contributed by atoms with Crippen LogP contribution in [0.4, 0.5) is 0 Å². The minimum atomic E-state index is -0.0415. The number of aryl methyl sites for hydroxylation is 2. The van der Waals surface area contributed by atoms with Crippen molar-refractivity contribution in [2.24, 2.45) is 0 Å². The second-order valence-corrected chi connectivity index (χ2v) is 8.07. The molecule has 1 aliphatic heterocycles. The zero-order valence-electron chi connectivity index (χ0n) is 14.9. The minimum absolute atomic E-state index is 0.0415. The van der Waals surface area contributed by atoms with E-state index in [1.807, 2.05) is 13.8 Å². The van der Waals surface area contributed by atoms with Crippen molar-refractivity contribution < 1.29 is 18.7 Å². The highest BCUT2D eigenvalue weighted by Gasteiger charge is 2.18. The highest BCUT2D eigenvalue weighted by molar-refractivity contribution is 7.99. The Labute approximate surface area is 164 Å². The topological polar surface area (TPSA) is 87.3 Å². The van der Waals surface area contributed by atoms with Gasteiger partial charge in [0.25, 0.3) is 11.1 Å². The van der Waals surface area contributed by atoms with E-state index in [1.54, 1.807) is 18.2 Å². The molecule has 0 fully saturated rings. The van der Waals surface area contributed by atoms with Crippen LogP contribution in [0.1, 0.15) is 27.5 Å². The van der Waals surface area contributed by atoms with Crippen molar-refractivity contribution in [2.75, 3.05) is 19.0 Å². The standard InChI is InChI=1S/C18H17N3O4S2/c1-10-16(27-11(2)19-10)17-20-21-18(25-17)26-9-13(22)12-4-5-14-15(8-12)24-7-3-6-23-14/h4-5,8H,3,6-7,9H2,1-2H3. The van der Waals surface area contributed by atoms with Crippen LogP contribution in [0.2, 0.25) is 0 Å². The van der Waals surface area contributed by atoms with E-state index in [9.17, 15) is 4.79 Å². The molecule has 7 nitrogen and oxygen atoms in total. The molecule has 9 heteroatoms. The molecule has 1 aromatic carbocycles. The van der Waals surface area contributed by atoms with E-state index in [2.05, 4.69) is 15.2 Å². The fourth-order valence-corrected chi connectivity index (χ4v) is 4.14. The summed E-state index contributed by atoms with van der Waals surface area (Å²) in [5, 5.41) is 9.39. The van der Waals surface area contributed by atoms with Gasteiger partial charge in [0.1, 0.15) is 4.88 Å². The zero-order valence-corrected chi connectivity index (χ0v) is 16.5. The van der Waals surface area contributed by atoms with Crippen LogP contribution in [0.3, 0.4) is 0 Å². The molecule has 3 heterocycles. The molecular formula is C18H17N3O4S2. The van der Waals surface area contributed by atoms with Crippen LogP contribution in [0.15, 0.2) is 27.8 Å². The third-order valence-corrected chi connectivity index (χ3v) is 5.78. The Morgan fingerprint density at radius 2 is 2.00 bits per heavy atom. The molecule has 0 N–H and O–H groups in total. The first-order valence-corrected chi connectivity index (χ1v) is 10.2. The summed E-state index contributed by atoms with van der Waals surface area (Å²) in [7, 11) is 0. The maximum Gasteiger partial charge on any atom is 0.277 e. The third-order valence-electron chi connectivity index (χ3n) is 3.90. The normalized spacial score (nSPS) is 13.4. The average molecular weight is 403 g/mol. The lowest BCUT2D eigenvalue weighted by molar-refractivity contribution is 0.102. The van der Waals surface area contributed by atoms with Gasteiger partial charge in [0, 0.05) is 12.0 Å². The Hall–Kier alpha value is -2.39. The Morgan fingerprint density at radius 3 is 2.78 bits per heavy atom.